The summed E-state index contributed by atoms with van der Waals surface area (Å²) in [6, 6.07) is 17.8. The van der Waals surface area contributed by atoms with Crippen LogP contribution in [0.3, 0.4) is 0 Å². The number of benzene rings is 2. The summed E-state index contributed by atoms with van der Waals surface area (Å²) in [5, 5.41) is 3.10. The highest BCUT2D eigenvalue weighted by molar-refractivity contribution is 5.93. The quantitative estimate of drug-likeness (QED) is 0.689. The first-order chi connectivity index (χ1) is 14.2. The van der Waals surface area contributed by atoms with Crippen molar-refractivity contribution in [3.05, 3.63) is 83.4 Å². The van der Waals surface area contributed by atoms with Gasteiger partial charge in [0, 0.05) is 0 Å². The highest BCUT2D eigenvalue weighted by Crippen LogP contribution is 2.28. The molecule has 1 amide bonds. The van der Waals surface area contributed by atoms with Gasteiger partial charge in [-0.25, -0.2) is 4.98 Å². The molecule has 1 N–H and O–H groups in total. The van der Waals surface area contributed by atoms with Crippen molar-refractivity contribution in [3.8, 4) is 5.75 Å². The molecule has 0 fully saturated rings. The molecule has 29 heavy (non-hydrogen) atoms. The predicted molar refractivity (Wildman–Crippen MR) is 110 cm³/mol. The molecule has 4 rings (SSSR count). The second-order valence-electron chi connectivity index (χ2n) is 7.11. The van der Waals surface area contributed by atoms with Crippen LogP contribution in [0.2, 0.25) is 0 Å². The zero-order valence-electron chi connectivity index (χ0n) is 16.7. The molecule has 0 unspecified atom stereocenters. The summed E-state index contributed by atoms with van der Waals surface area (Å²) in [7, 11) is 1.64. The number of hydrogen-bond acceptors (Lipinski definition) is 4. The molecule has 0 saturated carbocycles. The van der Waals surface area contributed by atoms with Crippen molar-refractivity contribution < 1.29 is 14.3 Å². The predicted octanol–water partition coefficient (Wildman–Crippen LogP) is 4.04. The van der Waals surface area contributed by atoms with E-state index >= 15 is 0 Å². The Balaban J connectivity index is 1.48. The standard InChI is InChI=1S/C23H25N3O3/c1-3-19(16-9-11-18(28-2)12-10-16)25-23(27)22-20-14-29-21(13-26(20)15-24-22)17-7-5-4-6-8-17/h4-12,15,19,21H,3,13-14H2,1-2H3,(H,25,27)/t19-,21-/m1/s1. The van der Waals surface area contributed by atoms with Crippen LogP contribution >= 0.6 is 0 Å². The molecule has 0 saturated heterocycles. The van der Waals surface area contributed by atoms with Crippen molar-refractivity contribution in [2.75, 3.05) is 7.11 Å². The van der Waals surface area contributed by atoms with Crippen molar-refractivity contribution in [1.82, 2.24) is 14.9 Å². The molecule has 0 spiro atoms. The van der Waals surface area contributed by atoms with Crippen molar-refractivity contribution in [1.29, 1.82) is 0 Å². The number of fused-ring (bicyclic) bond motifs is 1. The molecule has 2 heterocycles. The number of hydrogen-bond donors (Lipinski definition) is 1. The number of imidazole rings is 1. The summed E-state index contributed by atoms with van der Waals surface area (Å²) in [6.45, 7) is 3.06. The van der Waals surface area contributed by atoms with Gasteiger partial charge in [0.1, 0.15) is 11.9 Å². The first-order valence-electron chi connectivity index (χ1n) is 9.85. The number of aromatic nitrogens is 2. The van der Waals surface area contributed by atoms with Gasteiger partial charge < -0.3 is 19.4 Å². The Morgan fingerprint density at radius 1 is 1.24 bits per heavy atom. The number of amides is 1. The van der Waals surface area contributed by atoms with E-state index in [2.05, 4.69) is 22.4 Å². The maximum absolute atomic E-state index is 12.9. The summed E-state index contributed by atoms with van der Waals surface area (Å²) in [5.74, 6) is 0.617. The highest BCUT2D eigenvalue weighted by atomic mass is 16.5. The monoisotopic (exact) mass is 391 g/mol. The second kappa shape index (κ2) is 8.49. The molecule has 2 aromatic carbocycles. The normalized spacial score (nSPS) is 16.7. The van der Waals surface area contributed by atoms with Gasteiger partial charge in [0.15, 0.2) is 5.69 Å². The third kappa shape index (κ3) is 4.03. The van der Waals surface area contributed by atoms with E-state index in [1.165, 1.54) is 0 Å². The number of carbonyl (C=O) groups excluding carboxylic acids is 1. The fourth-order valence-electron chi connectivity index (χ4n) is 3.67. The number of rotatable bonds is 6. The number of ether oxygens (including phenoxy) is 2. The van der Waals surface area contributed by atoms with Gasteiger partial charge in [-0.15, -0.1) is 0 Å². The number of nitrogens with one attached hydrogen (secondary N) is 1. The van der Waals surface area contributed by atoms with Gasteiger partial charge in [-0.1, -0.05) is 49.4 Å². The molecule has 0 bridgehead atoms. The Hall–Kier alpha value is -3.12. The first-order valence-corrected chi connectivity index (χ1v) is 9.85. The largest absolute Gasteiger partial charge is 0.497 e. The molecular formula is C23H25N3O3. The minimum Gasteiger partial charge on any atom is -0.497 e. The molecule has 0 radical (unpaired) electrons. The molecule has 1 aliphatic rings. The van der Waals surface area contributed by atoms with Gasteiger partial charge in [0.25, 0.3) is 5.91 Å². The molecule has 1 aromatic heterocycles. The zero-order valence-corrected chi connectivity index (χ0v) is 16.7. The highest BCUT2D eigenvalue weighted by Gasteiger charge is 2.27. The summed E-state index contributed by atoms with van der Waals surface area (Å²) in [5.41, 5.74) is 3.42. The van der Waals surface area contributed by atoms with Gasteiger partial charge in [0.2, 0.25) is 0 Å². The fraction of sp³-hybridized carbons (Fsp3) is 0.304. The van der Waals surface area contributed by atoms with Crippen LogP contribution in [0.4, 0.5) is 0 Å². The van der Waals surface area contributed by atoms with Crippen LogP contribution in [0.5, 0.6) is 5.75 Å². The third-order valence-electron chi connectivity index (χ3n) is 5.35. The lowest BCUT2D eigenvalue weighted by molar-refractivity contribution is 0.00256. The van der Waals surface area contributed by atoms with Gasteiger partial charge in [0.05, 0.1) is 38.3 Å². The van der Waals surface area contributed by atoms with E-state index in [9.17, 15) is 4.79 Å². The van der Waals surface area contributed by atoms with Crippen LogP contribution < -0.4 is 10.1 Å². The zero-order chi connectivity index (χ0) is 20.2. The molecule has 1 aliphatic heterocycles. The number of carbonyl (C=O) groups is 1. The van der Waals surface area contributed by atoms with E-state index in [4.69, 9.17) is 9.47 Å². The van der Waals surface area contributed by atoms with Crippen LogP contribution in [0.15, 0.2) is 60.9 Å². The summed E-state index contributed by atoms with van der Waals surface area (Å²) in [4.78, 5) is 17.3. The van der Waals surface area contributed by atoms with Crippen molar-refractivity contribution in [3.63, 3.8) is 0 Å². The molecular weight excluding hydrogens is 366 g/mol. The Morgan fingerprint density at radius 2 is 2.00 bits per heavy atom. The molecule has 2 atom stereocenters. The van der Waals surface area contributed by atoms with Crippen LogP contribution in [-0.4, -0.2) is 22.6 Å². The van der Waals surface area contributed by atoms with Crippen molar-refractivity contribution in [2.45, 2.75) is 38.6 Å². The van der Waals surface area contributed by atoms with Gasteiger partial charge in [-0.3, -0.25) is 4.79 Å². The lowest BCUT2D eigenvalue weighted by Crippen LogP contribution is -2.30. The van der Waals surface area contributed by atoms with E-state index in [0.29, 0.717) is 18.8 Å². The maximum Gasteiger partial charge on any atom is 0.272 e. The van der Waals surface area contributed by atoms with Crippen LogP contribution in [0.25, 0.3) is 0 Å². The van der Waals surface area contributed by atoms with Gasteiger partial charge in [-0.2, -0.15) is 0 Å². The van der Waals surface area contributed by atoms with Gasteiger partial charge in [-0.05, 0) is 29.7 Å². The fourth-order valence-corrected chi connectivity index (χ4v) is 3.67. The first kappa shape index (κ1) is 19.2. The summed E-state index contributed by atoms with van der Waals surface area (Å²) in [6.07, 6.45) is 2.48. The van der Waals surface area contributed by atoms with E-state index in [1.807, 2.05) is 54.0 Å². The molecule has 0 aliphatic carbocycles. The third-order valence-corrected chi connectivity index (χ3v) is 5.35. The lowest BCUT2D eigenvalue weighted by atomic mass is 10.0. The SMILES string of the molecule is CC[C@@H](NC(=O)c1ncn2c1CO[C@@H](c1ccccc1)C2)c1ccc(OC)cc1. The van der Waals surface area contributed by atoms with Crippen molar-refractivity contribution >= 4 is 5.91 Å². The number of nitrogens with zero attached hydrogens (tertiary/aromatic N) is 2. The van der Waals surface area contributed by atoms with Crippen LogP contribution in [0.1, 0.15) is 52.8 Å². The molecule has 150 valence electrons. The van der Waals surface area contributed by atoms with E-state index in [1.54, 1.807) is 13.4 Å². The average Bonchev–Trinajstić information content (AvgIpc) is 3.21. The summed E-state index contributed by atoms with van der Waals surface area (Å²) < 4.78 is 13.3. The molecule has 6 heteroatoms. The van der Waals surface area contributed by atoms with Crippen LogP contribution in [0, 0.1) is 0 Å². The van der Waals surface area contributed by atoms with Gasteiger partial charge >= 0.3 is 0 Å². The topological polar surface area (TPSA) is 65.4 Å². The van der Waals surface area contributed by atoms with E-state index in [0.717, 1.165) is 29.0 Å². The Kier molecular flexibility index (Phi) is 5.62. The smallest absolute Gasteiger partial charge is 0.272 e. The Bertz CT molecular complexity index is 967. The maximum atomic E-state index is 12.9. The average molecular weight is 391 g/mol. The summed E-state index contributed by atoms with van der Waals surface area (Å²) >= 11 is 0. The lowest BCUT2D eigenvalue weighted by Gasteiger charge is -2.26. The Morgan fingerprint density at radius 3 is 2.69 bits per heavy atom. The van der Waals surface area contributed by atoms with E-state index < -0.39 is 0 Å². The van der Waals surface area contributed by atoms with Crippen LogP contribution in [-0.2, 0) is 17.9 Å². The molecule has 6 nitrogen and oxygen atoms in total. The van der Waals surface area contributed by atoms with E-state index in [-0.39, 0.29) is 18.1 Å². The second-order valence-corrected chi connectivity index (χ2v) is 7.11. The number of methoxy groups -OCH3 is 1. The van der Waals surface area contributed by atoms with Crippen molar-refractivity contribution in [2.24, 2.45) is 0 Å². The molecule has 3 aromatic rings. The minimum atomic E-state index is -0.178. The Labute approximate surface area is 170 Å². The minimum absolute atomic E-state index is 0.0310.